The molecule has 0 fully saturated rings. The fourth-order valence-electron chi connectivity index (χ4n) is 7.60. The fourth-order valence-corrected chi connectivity index (χ4v) is 7.60. The Hall–Kier alpha value is -4.13. The highest BCUT2D eigenvalue weighted by atomic mass is 19.4. The van der Waals surface area contributed by atoms with Crippen LogP contribution in [0.25, 0.3) is 11.3 Å². The Morgan fingerprint density at radius 1 is 1.02 bits per heavy atom. The van der Waals surface area contributed by atoms with Crippen LogP contribution in [0.4, 0.5) is 35.5 Å². The molecule has 250 valence electrons. The molecule has 3 N–H and O–H groups in total. The molecule has 47 heavy (non-hydrogen) atoms. The zero-order valence-corrected chi connectivity index (χ0v) is 26.6. The lowest BCUT2D eigenvalue weighted by Gasteiger charge is -2.46. The number of nitrogens with one attached hydrogen (secondary N) is 1. The highest BCUT2D eigenvalue weighted by Crippen LogP contribution is 2.59. The number of halogens is 7. The minimum absolute atomic E-state index is 0.0611. The number of amides is 2. The van der Waals surface area contributed by atoms with Gasteiger partial charge >= 0.3 is 18.4 Å². The largest absolute Gasteiger partial charge is 0.416 e. The molecular weight excluding hydrogens is 627 g/mol. The zero-order valence-electron chi connectivity index (χ0n) is 26.6. The van der Waals surface area contributed by atoms with E-state index in [9.17, 15) is 31.1 Å². The Labute approximate surface area is 267 Å². The number of urea groups is 1. The first-order valence-electron chi connectivity index (χ1n) is 15.1. The lowest BCUT2D eigenvalue weighted by molar-refractivity contribution is -0.143. The van der Waals surface area contributed by atoms with Crippen molar-refractivity contribution in [2.45, 2.75) is 89.9 Å². The highest BCUT2D eigenvalue weighted by Gasteiger charge is 2.55. The van der Waals surface area contributed by atoms with Crippen molar-refractivity contribution in [1.29, 1.82) is 0 Å². The third kappa shape index (κ3) is 4.71. The zero-order chi connectivity index (χ0) is 34.6. The van der Waals surface area contributed by atoms with Gasteiger partial charge in [-0.3, -0.25) is 4.90 Å². The first-order valence-corrected chi connectivity index (χ1v) is 15.1. The van der Waals surface area contributed by atoms with Crippen molar-refractivity contribution in [3.05, 3.63) is 98.6 Å². The van der Waals surface area contributed by atoms with E-state index < -0.39 is 51.8 Å². The van der Waals surface area contributed by atoms with Crippen LogP contribution in [0.5, 0.6) is 0 Å². The van der Waals surface area contributed by atoms with Crippen molar-refractivity contribution < 1.29 is 35.5 Å². The number of aromatic nitrogens is 2. The molecule has 2 unspecified atom stereocenters. The van der Waals surface area contributed by atoms with Gasteiger partial charge in [0.05, 0.1) is 44.7 Å². The number of rotatable bonds is 4. The van der Waals surface area contributed by atoms with E-state index in [1.807, 2.05) is 25.1 Å². The van der Waals surface area contributed by atoms with Crippen LogP contribution in [0.1, 0.15) is 86.3 Å². The monoisotopic (exact) mass is 661 g/mol. The van der Waals surface area contributed by atoms with Crippen LogP contribution in [0.3, 0.4) is 0 Å². The fraction of sp³-hybridized carbons (Fsp3) is 0.412. The predicted molar refractivity (Wildman–Crippen MR) is 162 cm³/mol. The molecule has 0 saturated carbocycles. The van der Waals surface area contributed by atoms with Crippen LogP contribution in [0, 0.1) is 0 Å². The number of hydrogen-bond donors (Lipinski definition) is 2. The summed E-state index contributed by atoms with van der Waals surface area (Å²) in [4.78, 5) is 13.7. The van der Waals surface area contributed by atoms with E-state index in [2.05, 4.69) is 5.32 Å². The number of carbonyl (C=O) groups is 1. The molecule has 6 rings (SSSR count). The molecule has 2 amide bonds. The summed E-state index contributed by atoms with van der Waals surface area (Å²) in [6.07, 6.45) is -8.02. The number of para-hydroxylation sites is 1. The molecule has 13 heteroatoms. The summed E-state index contributed by atoms with van der Waals surface area (Å²) in [6, 6.07) is 6.54. The molecule has 6 nitrogen and oxygen atoms in total. The molecule has 3 aromatic rings. The van der Waals surface area contributed by atoms with E-state index in [1.165, 1.54) is 6.08 Å². The molecule has 2 aromatic carbocycles. The minimum atomic E-state index is -5.03. The maximum Gasteiger partial charge on any atom is 0.416 e. The van der Waals surface area contributed by atoms with Gasteiger partial charge in [0, 0.05) is 24.2 Å². The second-order valence-electron chi connectivity index (χ2n) is 13.3. The number of benzene rings is 2. The normalized spacial score (nSPS) is 23.6. The van der Waals surface area contributed by atoms with Crippen LogP contribution >= 0.6 is 0 Å². The highest BCUT2D eigenvalue weighted by molar-refractivity contribution is 5.91. The third-order valence-electron chi connectivity index (χ3n) is 10.2. The van der Waals surface area contributed by atoms with E-state index in [1.54, 1.807) is 44.2 Å². The summed E-state index contributed by atoms with van der Waals surface area (Å²) >= 11 is 0. The molecule has 1 aliphatic carbocycles. The van der Waals surface area contributed by atoms with Crippen LogP contribution in [-0.4, -0.2) is 26.3 Å². The van der Waals surface area contributed by atoms with Crippen molar-refractivity contribution in [2.24, 2.45) is 5.73 Å². The molecule has 2 aliphatic heterocycles. The molecule has 2 atom stereocenters. The van der Waals surface area contributed by atoms with Gasteiger partial charge in [-0.2, -0.15) is 31.4 Å². The number of hydrogen-bond acceptors (Lipinski definition) is 3. The number of nitrogens with zero attached hydrogens (tertiary/aromatic N) is 3. The number of allylic oxidation sites excluding steroid dienone is 2. The Kier molecular flexibility index (Phi) is 7.11. The number of carbonyl (C=O) groups excluding carboxylic acids is 1. The molecule has 0 spiro atoms. The van der Waals surface area contributed by atoms with Gasteiger partial charge in [-0.15, -0.1) is 0 Å². The molecular formula is C34H34F7N5O. The van der Waals surface area contributed by atoms with Crippen molar-refractivity contribution in [3.8, 4) is 5.69 Å². The standard InChI is InChI=1S/C34H34F7N5O/c1-7-18-9-8-10-21-25-17(2)31(5,43-29(42)47)14-24(35)32(25,6)28-22-16-45(30(3,4)27(22)44-46(28)26(18)21)15-19-11-12-20(33(36,37)38)13-23(19)34(39,40)41/h8-14H,7,15-16H2,1-6H3,(H3,42,43,47). The van der Waals surface area contributed by atoms with Crippen LogP contribution < -0.4 is 11.1 Å². The van der Waals surface area contributed by atoms with Gasteiger partial charge in [-0.05, 0) is 81.5 Å². The van der Waals surface area contributed by atoms with Crippen LogP contribution in [0.15, 0.2) is 53.9 Å². The number of fused-ring (bicyclic) bond motifs is 8. The van der Waals surface area contributed by atoms with E-state index in [0.717, 1.165) is 22.9 Å². The summed E-state index contributed by atoms with van der Waals surface area (Å²) in [6.45, 7) is 10.5. The van der Waals surface area contributed by atoms with Crippen LogP contribution in [-0.2, 0) is 42.8 Å². The summed E-state index contributed by atoms with van der Waals surface area (Å²) in [5.41, 5.74) is 4.12. The SMILES string of the molecule is CCc1cccc2c1-n1nc3c(c1C1(C)C(F)=CC(C)(NC(N)=O)C(C)=C21)CN(Cc1ccc(C(F)(F)F)cc1C(F)(F)F)C3(C)C. The molecule has 0 radical (unpaired) electrons. The van der Waals surface area contributed by atoms with Gasteiger partial charge in [0.2, 0.25) is 0 Å². The molecule has 3 heterocycles. The van der Waals surface area contributed by atoms with Crippen molar-refractivity contribution in [1.82, 2.24) is 20.0 Å². The quantitative estimate of drug-likeness (QED) is 0.278. The lowest BCUT2D eigenvalue weighted by Crippen LogP contribution is -2.52. The van der Waals surface area contributed by atoms with Gasteiger partial charge in [0.25, 0.3) is 0 Å². The average Bonchev–Trinajstić information content (AvgIpc) is 3.45. The number of nitrogens with two attached hydrogens (primary N) is 1. The Bertz CT molecular complexity index is 1900. The Balaban J connectivity index is 1.55. The maximum absolute atomic E-state index is 16.8. The Morgan fingerprint density at radius 3 is 2.30 bits per heavy atom. The van der Waals surface area contributed by atoms with Gasteiger partial charge in [0.1, 0.15) is 5.83 Å². The third-order valence-corrected chi connectivity index (χ3v) is 10.2. The second-order valence-corrected chi connectivity index (χ2v) is 13.3. The average molecular weight is 662 g/mol. The van der Waals surface area contributed by atoms with Gasteiger partial charge in [-0.25, -0.2) is 13.9 Å². The molecule has 1 aromatic heterocycles. The van der Waals surface area contributed by atoms with Crippen LogP contribution in [0.2, 0.25) is 0 Å². The number of aryl methyl sites for hydroxylation is 1. The summed E-state index contributed by atoms with van der Waals surface area (Å²) in [5.74, 6) is -0.566. The van der Waals surface area contributed by atoms with E-state index >= 15 is 4.39 Å². The first kappa shape index (κ1) is 32.8. The van der Waals surface area contributed by atoms with E-state index in [-0.39, 0.29) is 24.7 Å². The maximum atomic E-state index is 16.8. The summed E-state index contributed by atoms with van der Waals surface area (Å²) in [7, 11) is 0. The smallest absolute Gasteiger partial charge is 0.352 e. The molecule has 0 bridgehead atoms. The lowest BCUT2D eigenvalue weighted by atomic mass is 9.63. The second kappa shape index (κ2) is 10.2. The molecule has 0 saturated heterocycles. The Morgan fingerprint density at radius 2 is 1.70 bits per heavy atom. The summed E-state index contributed by atoms with van der Waals surface area (Å²) < 4.78 is 101. The molecule has 3 aliphatic rings. The van der Waals surface area contributed by atoms with Crippen molar-refractivity contribution in [2.75, 3.05) is 0 Å². The first-order chi connectivity index (χ1) is 21.7. The van der Waals surface area contributed by atoms with Gasteiger partial charge in [0.15, 0.2) is 0 Å². The van der Waals surface area contributed by atoms with Gasteiger partial charge in [-0.1, -0.05) is 31.2 Å². The number of alkyl halides is 6. The van der Waals surface area contributed by atoms with Gasteiger partial charge < -0.3 is 11.1 Å². The number of primary amides is 1. The van der Waals surface area contributed by atoms with Crippen molar-refractivity contribution in [3.63, 3.8) is 0 Å². The van der Waals surface area contributed by atoms with Crippen molar-refractivity contribution >= 4 is 11.6 Å². The summed E-state index contributed by atoms with van der Waals surface area (Å²) in [5, 5.41) is 7.69. The minimum Gasteiger partial charge on any atom is -0.352 e. The van der Waals surface area contributed by atoms with E-state index in [4.69, 9.17) is 10.8 Å². The van der Waals surface area contributed by atoms with E-state index in [0.29, 0.717) is 40.6 Å². The predicted octanol–water partition coefficient (Wildman–Crippen LogP) is 8.06. The topological polar surface area (TPSA) is 76.2 Å².